The molecule has 2 aliphatic rings. The van der Waals surface area contributed by atoms with Gasteiger partial charge in [-0.25, -0.2) is 13.1 Å². The second-order valence-electron chi connectivity index (χ2n) is 6.29. The maximum atomic E-state index is 11.9. The minimum Gasteiger partial charge on any atom is -0.317 e. The van der Waals surface area contributed by atoms with Gasteiger partial charge in [0.25, 0.3) is 0 Å². The summed E-state index contributed by atoms with van der Waals surface area (Å²) in [5.41, 5.74) is 0.134. The predicted molar refractivity (Wildman–Crippen MR) is 81.2 cm³/mol. The minimum absolute atomic E-state index is 0. The third-order valence-corrected chi connectivity index (χ3v) is 5.91. The summed E-state index contributed by atoms with van der Waals surface area (Å²) in [5, 5.41) is 3.32. The van der Waals surface area contributed by atoms with Gasteiger partial charge in [-0.1, -0.05) is 26.2 Å². The number of nitrogens with one attached hydrogen (secondary N) is 2. The van der Waals surface area contributed by atoms with Gasteiger partial charge in [-0.05, 0) is 43.7 Å². The molecular weight excluding hydrogens is 284 g/mol. The van der Waals surface area contributed by atoms with Crippen LogP contribution in [0.1, 0.15) is 45.4 Å². The highest BCUT2D eigenvalue weighted by Gasteiger charge is 2.28. The molecule has 0 unspecified atom stereocenters. The van der Waals surface area contributed by atoms with Gasteiger partial charge < -0.3 is 5.32 Å². The Labute approximate surface area is 123 Å². The number of hydrogen-bond acceptors (Lipinski definition) is 3. The molecule has 0 aromatic carbocycles. The van der Waals surface area contributed by atoms with Crippen LogP contribution in [0, 0.1) is 11.3 Å². The summed E-state index contributed by atoms with van der Waals surface area (Å²) < 4.78 is 26.7. The second-order valence-corrected chi connectivity index (χ2v) is 8.21. The Bertz CT molecular complexity index is 363. The summed E-state index contributed by atoms with van der Waals surface area (Å²) in [4.78, 5) is 0. The Hall–Kier alpha value is 0.160. The SMILES string of the molecule is CC1(CNS(=O)(=O)CCC2CCC2)CCNCC1.Cl. The normalized spacial score (nSPS) is 23.4. The van der Waals surface area contributed by atoms with Crippen LogP contribution in [0.5, 0.6) is 0 Å². The third kappa shape index (κ3) is 5.58. The summed E-state index contributed by atoms with van der Waals surface area (Å²) in [5.74, 6) is 0.975. The van der Waals surface area contributed by atoms with E-state index in [-0.39, 0.29) is 17.8 Å². The van der Waals surface area contributed by atoms with E-state index in [0.29, 0.717) is 18.2 Å². The lowest BCUT2D eigenvalue weighted by molar-refractivity contribution is 0.232. The summed E-state index contributed by atoms with van der Waals surface area (Å²) in [6, 6.07) is 0. The molecule has 2 N–H and O–H groups in total. The molecule has 1 heterocycles. The smallest absolute Gasteiger partial charge is 0.211 e. The molecule has 1 saturated carbocycles. The molecule has 0 amide bonds. The summed E-state index contributed by atoms with van der Waals surface area (Å²) in [6.45, 7) is 4.78. The van der Waals surface area contributed by atoms with E-state index in [1.807, 2.05) is 0 Å². The van der Waals surface area contributed by atoms with Crippen LogP contribution in [0.15, 0.2) is 0 Å². The first-order chi connectivity index (χ1) is 8.49. The van der Waals surface area contributed by atoms with Crippen LogP contribution >= 0.6 is 12.4 Å². The maximum Gasteiger partial charge on any atom is 0.211 e. The number of piperidine rings is 1. The van der Waals surface area contributed by atoms with Crippen molar-refractivity contribution in [2.24, 2.45) is 11.3 Å². The third-order valence-electron chi connectivity index (χ3n) is 4.55. The van der Waals surface area contributed by atoms with Gasteiger partial charge in [0.05, 0.1) is 5.75 Å². The molecule has 0 bridgehead atoms. The molecular formula is C13H27ClN2O2S. The van der Waals surface area contributed by atoms with Crippen molar-refractivity contribution in [3.05, 3.63) is 0 Å². The van der Waals surface area contributed by atoms with Crippen molar-refractivity contribution in [3.8, 4) is 0 Å². The molecule has 0 aromatic heterocycles. The van der Waals surface area contributed by atoms with Gasteiger partial charge in [0.15, 0.2) is 0 Å². The van der Waals surface area contributed by atoms with Gasteiger partial charge in [-0.2, -0.15) is 0 Å². The quantitative estimate of drug-likeness (QED) is 0.788. The number of rotatable bonds is 6. The van der Waals surface area contributed by atoms with Crippen LogP contribution in [0.3, 0.4) is 0 Å². The summed E-state index contributed by atoms with van der Waals surface area (Å²) >= 11 is 0. The van der Waals surface area contributed by atoms with Crippen LogP contribution in [0.2, 0.25) is 0 Å². The van der Waals surface area contributed by atoms with Crippen LogP contribution < -0.4 is 10.0 Å². The highest BCUT2D eigenvalue weighted by Crippen LogP contribution is 2.30. The molecule has 1 aliphatic heterocycles. The first-order valence-electron chi connectivity index (χ1n) is 7.17. The molecule has 1 aliphatic carbocycles. The van der Waals surface area contributed by atoms with E-state index >= 15 is 0 Å². The largest absolute Gasteiger partial charge is 0.317 e. The van der Waals surface area contributed by atoms with Gasteiger partial charge >= 0.3 is 0 Å². The average Bonchev–Trinajstić information content (AvgIpc) is 2.26. The Morgan fingerprint density at radius 1 is 1.26 bits per heavy atom. The first-order valence-corrected chi connectivity index (χ1v) is 8.82. The van der Waals surface area contributed by atoms with Gasteiger partial charge in [-0.15, -0.1) is 12.4 Å². The van der Waals surface area contributed by atoms with Crippen LogP contribution in [-0.4, -0.2) is 33.8 Å². The zero-order chi connectivity index (χ0) is 13.1. The second kappa shape index (κ2) is 7.25. The average molecular weight is 311 g/mol. The Kier molecular flexibility index (Phi) is 6.57. The molecule has 0 aromatic rings. The highest BCUT2D eigenvalue weighted by atomic mass is 35.5. The van der Waals surface area contributed by atoms with E-state index in [4.69, 9.17) is 0 Å². The molecule has 0 atom stereocenters. The van der Waals surface area contributed by atoms with E-state index in [2.05, 4.69) is 17.0 Å². The standard InChI is InChI=1S/C13H26N2O2S.ClH/c1-13(6-8-14-9-7-13)11-15-18(16,17)10-5-12-3-2-4-12;/h12,14-15H,2-11H2,1H3;1H. The number of hydrogen-bond donors (Lipinski definition) is 2. The lowest BCUT2D eigenvalue weighted by Gasteiger charge is -2.34. The molecule has 1 saturated heterocycles. The van der Waals surface area contributed by atoms with Crippen LogP contribution in [0.25, 0.3) is 0 Å². The summed E-state index contributed by atoms with van der Waals surface area (Å²) in [6.07, 6.45) is 6.67. The molecule has 4 nitrogen and oxygen atoms in total. The molecule has 114 valence electrons. The Balaban J connectivity index is 0.00000180. The zero-order valence-electron chi connectivity index (χ0n) is 11.8. The van der Waals surface area contributed by atoms with Gasteiger partial charge in [0, 0.05) is 6.54 Å². The highest BCUT2D eigenvalue weighted by molar-refractivity contribution is 7.89. The van der Waals surface area contributed by atoms with Gasteiger partial charge in [-0.3, -0.25) is 0 Å². The zero-order valence-corrected chi connectivity index (χ0v) is 13.4. The molecule has 6 heteroatoms. The summed E-state index contributed by atoms with van der Waals surface area (Å²) in [7, 11) is -3.06. The molecule has 0 radical (unpaired) electrons. The maximum absolute atomic E-state index is 11.9. The fourth-order valence-electron chi connectivity index (χ4n) is 2.67. The van der Waals surface area contributed by atoms with Crippen LogP contribution in [-0.2, 0) is 10.0 Å². The van der Waals surface area contributed by atoms with Gasteiger partial charge in [0.1, 0.15) is 0 Å². The lowest BCUT2D eigenvalue weighted by atomic mass is 9.81. The Morgan fingerprint density at radius 3 is 2.42 bits per heavy atom. The molecule has 0 spiro atoms. The first kappa shape index (κ1) is 17.2. The topological polar surface area (TPSA) is 58.2 Å². The fourth-order valence-corrected chi connectivity index (χ4v) is 4.02. The van der Waals surface area contributed by atoms with E-state index in [1.54, 1.807) is 0 Å². The van der Waals surface area contributed by atoms with Crippen molar-refractivity contribution in [2.75, 3.05) is 25.4 Å². The predicted octanol–water partition coefficient (Wildman–Crippen LogP) is 1.91. The Morgan fingerprint density at radius 2 is 1.89 bits per heavy atom. The molecule has 19 heavy (non-hydrogen) atoms. The van der Waals surface area contributed by atoms with Crippen molar-refractivity contribution in [2.45, 2.75) is 45.4 Å². The van der Waals surface area contributed by atoms with E-state index in [9.17, 15) is 8.42 Å². The molecule has 2 fully saturated rings. The molecule has 2 rings (SSSR count). The van der Waals surface area contributed by atoms with Crippen molar-refractivity contribution < 1.29 is 8.42 Å². The van der Waals surface area contributed by atoms with E-state index in [1.165, 1.54) is 19.3 Å². The lowest BCUT2D eigenvalue weighted by Crippen LogP contribution is -2.43. The minimum atomic E-state index is -3.06. The number of sulfonamides is 1. The monoisotopic (exact) mass is 310 g/mol. The number of halogens is 1. The van der Waals surface area contributed by atoms with Crippen molar-refractivity contribution in [3.63, 3.8) is 0 Å². The fraction of sp³-hybridized carbons (Fsp3) is 1.00. The van der Waals surface area contributed by atoms with Crippen molar-refractivity contribution >= 4 is 22.4 Å². The van der Waals surface area contributed by atoms with Crippen molar-refractivity contribution in [1.82, 2.24) is 10.0 Å². The van der Waals surface area contributed by atoms with E-state index < -0.39 is 10.0 Å². The van der Waals surface area contributed by atoms with Crippen LogP contribution in [0.4, 0.5) is 0 Å². The van der Waals surface area contributed by atoms with E-state index in [0.717, 1.165) is 32.4 Å². The van der Waals surface area contributed by atoms with Crippen molar-refractivity contribution in [1.29, 1.82) is 0 Å². The van der Waals surface area contributed by atoms with Gasteiger partial charge in [0.2, 0.25) is 10.0 Å².